The maximum absolute atomic E-state index is 12.6. The summed E-state index contributed by atoms with van der Waals surface area (Å²) in [6.45, 7) is 1.85. The van der Waals surface area contributed by atoms with Crippen molar-refractivity contribution in [2.75, 3.05) is 39.2 Å². The normalized spacial score (nSPS) is 15.6. The van der Waals surface area contributed by atoms with Gasteiger partial charge in [0.15, 0.2) is 0 Å². The van der Waals surface area contributed by atoms with Crippen LogP contribution in [0.5, 0.6) is 0 Å². The van der Waals surface area contributed by atoms with Crippen LogP contribution >= 0.6 is 12.4 Å². The second kappa shape index (κ2) is 9.60. The molecule has 25 heavy (non-hydrogen) atoms. The van der Waals surface area contributed by atoms with E-state index in [0.29, 0.717) is 44.8 Å². The van der Waals surface area contributed by atoms with E-state index < -0.39 is 5.41 Å². The fourth-order valence-corrected chi connectivity index (χ4v) is 2.65. The number of nitrogens with two attached hydrogens (primary N) is 1. The molecule has 1 aliphatic rings. The Hall–Kier alpha value is -1.83. The minimum atomic E-state index is -0.533. The highest BCUT2D eigenvalue weighted by molar-refractivity contribution is 5.89. The summed E-state index contributed by atoms with van der Waals surface area (Å²) in [6, 6.07) is 7.22. The number of nitrogens with zero attached hydrogens (tertiary/aromatic N) is 1. The van der Waals surface area contributed by atoms with Gasteiger partial charge in [0.05, 0.1) is 5.41 Å². The number of rotatable bonds is 5. The van der Waals surface area contributed by atoms with Crippen molar-refractivity contribution in [2.24, 2.45) is 11.1 Å². The van der Waals surface area contributed by atoms with Crippen molar-refractivity contribution >= 4 is 30.0 Å². The van der Waals surface area contributed by atoms with Gasteiger partial charge < -0.3 is 26.0 Å². The lowest BCUT2D eigenvalue weighted by molar-refractivity contribution is -0.136. The molecular formula is C17H27ClN4O3. The lowest BCUT2D eigenvalue weighted by atomic mass is 9.79. The lowest BCUT2D eigenvalue weighted by Gasteiger charge is -2.34. The second-order valence-corrected chi connectivity index (χ2v) is 6.30. The molecular weight excluding hydrogens is 344 g/mol. The molecule has 1 aromatic carbocycles. The average Bonchev–Trinajstić information content (AvgIpc) is 2.60. The number of anilines is 1. The Kier molecular flexibility index (Phi) is 8.15. The number of benzene rings is 1. The summed E-state index contributed by atoms with van der Waals surface area (Å²) < 4.78 is 5.33. The van der Waals surface area contributed by atoms with Crippen LogP contribution in [-0.2, 0) is 16.1 Å². The zero-order valence-corrected chi connectivity index (χ0v) is 15.5. The first kappa shape index (κ1) is 21.2. The van der Waals surface area contributed by atoms with Gasteiger partial charge in [0, 0.05) is 46.1 Å². The second-order valence-electron chi connectivity index (χ2n) is 6.30. The van der Waals surface area contributed by atoms with Gasteiger partial charge in [-0.1, -0.05) is 12.1 Å². The molecule has 0 radical (unpaired) electrons. The van der Waals surface area contributed by atoms with E-state index in [-0.39, 0.29) is 24.3 Å². The molecule has 2 rings (SSSR count). The summed E-state index contributed by atoms with van der Waals surface area (Å²) in [5, 5.41) is 5.76. The van der Waals surface area contributed by atoms with Crippen LogP contribution in [0, 0.1) is 5.41 Å². The highest BCUT2D eigenvalue weighted by atomic mass is 35.5. The van der Waals surface area contributed by atoms with Gasteiger partial charge in [-0.15, -0.1) is 12.4 Å². The van der Waals surface area contributed by atoms with Gasteiger partial charge in [-0.05, 0) is 30.5 Å². The topological polar surface area (TPSA) is 96.7 Å². The van der Waals surface area contributed by atoms with Crippen molar-refractivity contribution in [1.82, 2.24) is 10.2 Å². The fourth-order valence-electron chi connectivity index (χ4n) is 2.65. The number of ether oxygens (including phenoxy) is 1. The summed E-state index contributed by atoms with van der Waals surface area (Å²) >= 11 is 0. The van der Waals surface area contributed by atoms with E-state index in [4.69, 9.17) is 10.5 Å². The third-order valence-electron chi connectivity index (χ3n) is 4.36. The van der Waals surface area contributed by atoms with E-state index >= 15 is 0 Å². The third kappa shape index (κ3) is 5.59. The predicted octanol–water partition coefficient (Wildman–Crippen LogP) is 1.57. The van der Waals surface area contributed by atoms with E-state index in [9.17, 15) is 9.59 Å². The number of halogens is 1. The average molecular weight is 371 g/mol. The van der Waals surface area contributed by atoms with Crippen LogP contribution in [0.2, 0.25) is 0 Å². The lowest BCUT2D eigenvalue weighted by Crippen LogP contribution is -2.48. The van der Waals surface area contributed by atoms with Crippen LogP contribution in [0.25, 0.3) is 0 Å². The molecule has 0 saturated carbocycles. The van der Waals surface area contributed by atoms with E-state index in [1.165, 1.54) is 4.90 Å². The molecule has 1 aromatic rings. The van der Waals surface area contributed by atoms with Crippen molar-refractivity contribution in [3.8, 4) is 0 Å². The third-order valence-corrected chi connectivity index (χ3v) is 4.36. The van der Waals surface area contributed by atoms with Crippen LogP contribution in [0.4, 0.5) is 10.5 Å². The zero-order chi connectivity index (χ0) is 17.6. The van der Waals surface area contributed by atoms with Gasteiger partial charge in [0.2, 0.25) is 5.91 Å². The number of urea groups is 1. The van der Waals surface area contributed by atoms with E-state index in [2.05, 4.69) is 10.6 Å². The van der Waals surface area contributed by atoms with Crippen LogP contribution in [0.15, 0.2) is 24.3 Å². The van der Waals surface area contributed by atoms with Gasteiger partial charge >= 0.3 is 6.03 Å². The van der Waals surface area contributed by atoms with Crippen molar-refractivity contribution in [3.05, 3.63) is 29.8 Å². The molecule has 0 unspecified atom stereocenters. The smallest absolute Gasteiger partial charge is 0.321 e. The molecule has 7 nitrogen and oxygen atoms in total. The number of nitrogens with one attached hydrogen (secondary N) is 2. The van der Waals surface area contributed by atoms with Crippen molar-refractivity contribution in [1.29, 1.82) is 0 Å². The van der Waals surface area contributed by atoms with Gasteiger partial charge in [0.25, 0.3) is 0 Å². The summed E-state index contributed by atoms with van der Waals surface area (Å²) in [5.41, 5.74) is 6.92. The van der Waals surface area contributed by atoms with E-state index in [1.54, 1.807) is 14.1 Å². The number of carbonyl (C=O) groups is 2. The first-order valence-corrected chi connectivity index (χ1v) is 8.10. The fraction of sp³-hybridized carbons (Fsp3) is 0.529. The van der Waals surface area contributed by atoms with Crippen molar-refractivity contribution < 1.29 is 14.3 Å². The maximum atomic E-state index is 12.6. The molecule has 0 bridgehead atoms. The highest BCUT2D eigenvalue weighted by Gasteiger charge is 2.38. The molecule has 8 heteroatoms. The zero-order valence-electron chi connectivity index (χ0n) is 14.7. The highest BCUT2D eigenvalue weighted by Crippen LogP contribution is 2.29. The van der Waals surface area contributed by atoms with Gasteiger partial charge in [0.1, 0.15) is 0 Å². The monoisotopic (exact) mass is 370 g/mol. The molecule has 1 saturated heterocycles. The van der Waals surface area contributed by atoms with Crippen LogP contribution in [0.3, 0.4) is 0 Å². The van der Waals surface area contributed by atoms with Crippen LogP contribution < -0.4 is 16.4 Å². The van der Waals surface area contributed by atoms with Crippen LogP contribution in [0.1, 0.15) is 18.4 Å². The SMILES string of the molecule is CN(C)C(=O)Nc1cccc(CNC(=O)C2(CN)CCOCC2)c1.Cl. The molecule has 0 aromatic heterocycles. The molecule has 1 aliphatic heterocycles. The Labute approximate surface area is 154 Å². The van der Waals surface area contributed by atoms with E-state index in [0.717, 1.165) is 5.56 Å². The molecule has 1 fully saturated rings. The van der Waals surface area contributed by atoms with Crippen molar-refractivity contribution in [3.63, 3.8) is 0 Å². The number of hydrogen-bond donors (Lipinski definition) is 3. The molecule has 3 amide bonds. The largest absolute Gasteiger partial charge is 0.381 e. The first-order valence-electron chi connectivity index (χ1n) is 8.10. The first-order chi connectivity index (χ1) is 11.5. The maximum Gasteiger partial charge on any atom is 0.321 e. The van der Waals surface area contributed by atoms with E-state index in [1.807, 2.05) is 24.3 Å². The Bertz CT molecular complexity index is 589. The molecule has 4 N–H and O–H groups in total. The molecule has 0 atom stereocenters. The Morgan fingerprint density at radius 3 is 2.56 bits per heavy atom. The minimum absolute atomic E-state index is 0. The number of amides is 3. The summed E-state index contributed by atoms with van der Waals surface area (Å²) in [7, 11) is 3.36. The van der Waals surface area contributed by atoms with Crippen LogP contribution in [-0.4, -0.2) is 50.7 Å². The Morgan fingerprint density at radius 1 is 1.28 bits per heavy atom. The van der Waals surface area contributed by atoms with Gasteiger partial charge in [-0.25, -0.2) is 4.79 Å². The summed E-state index contributed by atoms with van der Waals surface area (Å²) in [4.78, 5) is 25.7. The molecule has 0 spiro atoms. The molecule has 0 aliphatic carbocycles. The summed E-state index contributed by atoms with van der Waals surface area (Å²) in [6.07, 6.45) is 1.29. The number of hydrogen-bond acceptors (Lipinski definition) is 4. The van der Waals surface area contributed by atoms with Gasteiger partial charge in [-0.2, -0.15) is 0 Å². The predicted molar refractivity (Wildman–Crippen MR) is 99.8 cm³/mol. The Morgan fingerprint density at radius 2 is 1.96 bits per heavy atom. The molecule has 1 heterocycles. The minimum Gasteiger partial charge on any atom is -0.381 e. The molecule has 140 valence electrons. The quantitative estimate of drug-likeness (QED) is 0.733. The standard InChI is InChI=1S/C17H26N4O3.ClH/c1-21(2)16(23)20-14-5-3-4-13(10-14)11-19-15(22)17(12-18)6-8-24-9-7-17;/h3-5,10H,6-9,11-12,18H2,1-2H3,(H,19,22)(H,20,23);1H. The van der Waals surface area contributed by atoms with Gasteiger partial charge in [-0.3, -0.25) is 4.79 Å². The number of carbonyl (C=O) groups excluding carboxylic acids is 2. The summed E-state index contributed by atoms with van der Waals surface area (Å²) in [5.74, 6) is -0.0315. The van der Waals surface area contributed by atoms with Crippen molar-refractivity contribution in [2.45, 2.75) is 19.4 Å². The Balaban J connectivity index is 0.00000312.